The SMILES string of the molecule is N#Cc1ccc(/C(Cc2ccccc2)=N/OCc2ccccc2)c(O)c1. The van der Waals surface area contributed by atoms with Gasteiger partial charge >= 0.3 is 0 Å². The topological polar surface area (TPSA) is 65.6 Å². The van der Waals surface area contributed by atoms with Crippen molar-refractivity contribution in [2.45, 2.75) is 13.0 Å². The number of phenols is 1. The molecule has 3 aromatic rings. The zero-order valence-electron chi connectivity index (χ0n) is 14.2. The third-order valence-corrected chi connectivity index (χ3v) is 3.90. The minimum Gasteiger partial charge on any atom is -0.507 e. The monoisotopic (exact) mass is 342 g/mol. The molecule has 3 aromatic carbocycles. The fourth-order valence-corrected chi connectivity index (χ4v) is 2.57. The highest BCUT2D eigenvalue weighted by Gasteiger charge is 2.12. The normalized spacial score (nSPS) is 11.0. The molecule has 0 fully saturated rings. The second-order valence-electron chi connectivity index (χ2n) is 5.80. The first-order valence-corrected chi connectivity index (χ1v) is 8.26. The van der Waals surface area contributed by atoms with Crippen LogP contribution >= 0.6 is 0 Å². The first-order valence-electron chi connectivity index (χ1n) is 8.26. The summed E-state index contributed by atoms with van der Waals surface area (Å²) >= 11 is 0. The fourth-order valence-electron chi connectivity index (χ4n) is 2.57. The molecule has 0 aliphatic carbocycles. The highest BCUT2D eigenvalue weighted by Crippen LogP contribution is 2.21. The molecule has 0 spiro atoms. The van der Waals surface area contributed by atoms with Crippen LogP contribution in [-0.4, -0.2) is 10.8 Å². The summed E-state index contributed by atoms with van der Waals surface area (Å²) in [6, 6.07) is 26.4. The zero-order chi connectivity index (χ0) is 18.2. The largest absolute Gasteiger partial charge is 0.507 e. The highest BCUT2D eigenvalue weighted by molar-refractivity contribution is 6.03. The van der Waals surface area contributed by atoms with E-state index in [1.807, 2.05) is 66.7 Å². The molecule has 128 valence electrons. The first-order chi connectivity index (χ1) is 12.8. The second kappa shape index (κ2) is 8.50. The van der Waals surface area contributed by atoms with Crippen molar-refractivity contribution in [3.8, 4) is 11.8 Å². The lowest BCUT2D eigenvalue weighted by atomic mass is 10.0. The van der Waals surface area contributed by atoms with E-state index in [0.717, 1.165) is 11.1 Å². The van der Waals surface area contributed by atoms with E-state index < -0.39 is 0 Å². The van der Waals surface area contributed by atoms with Gasteiger partial charge in [0.25, 0.3) is 0 Å². The van der Waals surface area contributed by atoms with Gasteiger partial charge < -0.3 is 9.94 Å². The third kappa shape index (κ3) is 4.49. The molecule has 0 aromatic heterocycles. The molecule has 0 unspecified atom stereocenters. The predicted octanol–water partition coefficient (Wildman–Crippen LogP) is 4.43. The Bertz CT molecular complexity index is 929. The molecule has 3 rings (SSSR count). The van der Waals surface area contributed by atoms with E-state index in [9.17, 15) is 5.11 Å². The number of nitrogens with zero attached hydrogens (tertiary/aromatic N) is 2. The van der Waals surface area contributed by atoms with Crippen molar-refractivity contribution in [1.29, 1.82) is 5.26 Å². The van der Waals surface area contributed by atoms with E-state index in [-0.39, 0.29) is 5.75 Å². The van der Waals surface area contributed by atoms with Gasteiger partial charge in [-0.05, 0) is 29.3 Å². The maximum absolute atomic E-state index is 10.3. The molecule has 0 atom stereocenters. The molecule has 0 radical (unpaired) electrons. The van der Waals surface area contributed by atoms with Crippen LogP contribution in [0.4, 0.5) is 0 Å². The number of hydrogen-bond acceptors (Lipinski definition) is 4. The van der Waals surface area contributed by atoms with E-state index >= 15 is 0 Å². The van der Waals surface area contributed by atoms with E-state index in [4.69, 9.17) is 10.1 Å². The summed E-state index contributed by atoms with van der Waals surface area (Å²) in [5.74, 6) is 0.0158. The van der Waals surface area contributed by atoms with Gasteiger partial charge in [-0.2, -0.15) is 5.26 Å². The molecule has 0 heterocycles. The molecule has 0 bridgehead atoms. The molecule has 4 nitrogen and oxygen atoms in total. The first kappa shape index (κ1) is 17.2. The summed E-state index contributed by atoms with van der Waals surface area (Å²) in [4.78, 5) is 5.53. The predicted molar refractivity (Wildman–Crippen MR) is 101 cm³/mol. The number of rotatable bonds is 6. The standard InChI is InChI=1S/C22H18N2O2/c23-15-19-11-12-20(22(25)14-19)21(13-17-7-3-1-4-8-17)24-26-16-18-9-5-2-6-10-18/h1-12,14,25H,13,16H2/b24-21+. The van der Waals surface area contributed by atoms with E-state index in [0.29, 0.717) is 29.9 Å². The Morgan fingerprint density at radius 3 is 2.19 bits per heavy atom. The minimum atomic E-state index is 0.0158. The van der Waals surface area contributed by atoms with Gasteiger partial charge in [-0.1, -0.05) is 65.8 Å². The number of hydrogen-bond donors (Lipinski definition) is 1. The Labute approximate surface area is 152 Å². The van der Waals surface area contributed by atoms with Gasteiger partial charge in [0.15, 0.2) is 0 Å². The molecule has 0 aliphatic rings. The second-order valence-corrected chi connectivity index (χ2v) is 5.80. The van der Waals surface area contributed by atoms with Crippen molar-refractivity contribution in [3.63, 3.8) is 0 Å². The van der Waals surface area contributed by atoms with Crippen LogP contribution in [0, 0.1) is 11.3 Å². The Morgan fingerprint density at radius 1 is 0.923 bits per heavy atom. The minimum absolute atomic E-state index is 0.0158. The van der Waals surface area contributed by atoms with Crippen LogP contribution < -0.4 is 0 Å². The van der Waals surface area contributed by atoms with E-state index in [1.54, 1.807) is 12.1 Å². The van der Waals surface area contributed by atoms with Crippen LogP contribution in [0.2, 0.25) is 0 Å². The molecule has 0 saturated carbocycles. The molecule has 0 amide bonds. The van der Waals surface area contributed by atoms with Gasteiger partial charge in [0.1, 0.15) is 12.4 Å². The molecule has 1 N–H and O–H groups in total. The number of benzene rings is 3. The summed E-state index contributed by atoms with van der Waals surface area (Å²) in [7, 11) is 0. The van der Waals surface area contributed by atoms with Gasteiger partial charge in [-0.25, -0.2) is 0 Å². The van der Waals surface area contributed by atoms with Crippen molar-refractivity contribution < 1.29 is 9.94 Å². The molecule has 4 heteroatoms. The Balaban J connectivity index is 1.86. The van der Waals surface area contributed by atoms with Gasteiger partial charge in [0, 0.05) is 12.0 Å². The van der Waals surface area contributed by atoms with Gasteiger partial charge in [0.05, 0.1) is 17.3 Å². The van der Waals surface area contributed by atoms with Crippen molar-refractivity contribution in [2.75, 3.05) is 0 Å². The van der Waals surface area contributed by atoms with Gasteiger partial charge in [-0.15, -0.1) is 0 Å². The lowest BCUT2D eigenvalue weighted by Gasteiger charge is -2.10. The Morgan fingerprint density at radius 2 is 1.58 bits per heavy atom. The number of nitriles is 1. The molecular weight excluding hydrogens is 324 g/mol. The average Bonchev–Trinajstić information content (AvgIpc) is 2.69. The number of aromatic hydroxyl groups is 1. The summed E-state index contributed by atoms with van der Waals surface area (Å²) < 4.78 is 0. The van der Waals surface area contributed by atoms with E-state index in [1.165, 1.54) is 6.07 Å². The van der Waals surface area contributed by atoms with Crippen molar-refractivity contribution in [1.82, 2.24) is 0 Å². The maximum Gasteiger partial charge on any atom is 0.142 e. The Kier molecular flexibility index (Phi) is 5.64. The lowest BCUT2D eigenvalue weighted by molar-refractivity contribution is 0.130. The highest BCUT2D eigenvalue weighted by atomic mass is 16.6. The Hall–Kier alpha value is -3.58. The quantitative estimate of drug-likeness (QED) is 0.532. The van der Waals surface area contributed by atoms with Crippen LogP contribution in [0.3, 0.4) is 0 Å². The molecule has 0 aliphatic heterocycles. The molecular formula is C22H18N2O2. The zero-order valence-corrected chi connectivity index (χ0v) is 14.2. The van der Waals surface area contributed by atoms with E-state index in [2.05, 4.69) is 5.16 Å². The third-order valence-electron chi connectivity index (χ3n) is 3.90. The summed E-state index contributed by atoms with van der Waals surface area (Å²) in [6.45, 7) is 0.343. The lowest BCUT2D eigenvalue weighted by Crippen LogP contribution is -2.07. The number of phenolic OH excluding ortho intramolecular Hbond substituents is 1. The molecule has 26 heavy (non-hydrogen) atoms. The van der Waals surface area contributed by atoms with Gasteiger partial charge in [0.2, 0.25) is 0 Å². The van der Waals surface area contributed by atoms with Crippen LogP contribution in [-0.2, 0) is 17.9 Å². The van der Waals surface area contributed by atoms with Crippen molar-refractivity contribution in [3.05, 3.63) is 101 Å². The maximum atomic E-state index is 10.3. The fraction of sp³-hybridized carbons (Fsp3) is 0.0909. The summed E-state index contributed by atoms with van der Waals surface area (Å²) in [5.41, 5.74) is 3.63. The molecule has 0 saturated heterocycles. The van der Waals surface area contributed by atoms with Crippen LogP contribution in [0.15, 0.2) is 84.0 Å². The van der Waals surface area contributed by atoms with Crippen molar-refractivity contribution in [2.24, 2.45) is 5.16 Å². The number of oxime groups is 1. The average molecular weight is 342 g/mol. The summed E-state index contributed by atoms with van der Waals surface area (Å²) in [5, 5.41) is 23.6. The van der Waals surface area contributed by atoms with Crippen LogP contribution in [0.1, 0.15) is 22.3 Å². The van der Waals surface area contributed by atoms with Crippen LogP contribution in [0.25, 0.3) is 0 Å². The van der Waals surface area contributed by atoms with Crippen molar-refractivity contribution >= 4 is 5.71 Å². The smallest absolute Gasteiger partial charge is 0.142 e. The summed E-state index contributed by atoms with van der Waals surface area (Å²) in [6.07, 6.45) is 0.509. The van der Waals surface area contributed by atoms with Crippen LogP contribution in [0.5, 0.6) is 5.75 Å². The van der Waals surface area contributed by atoms with Gasteiger partial charge in [-0.3, -0.25) is 0 Å².